The third kappa shape index (κ3) is 2.66. The summed E-state index contributed by atoms with van der Waals surface area (Å²) in [6.07, 6.45) is 3.85. The molecule has 0 saturated carbocycles. The standard InChI is InChI=1S/C15H19N5O/c1-11-5-7-19(8-6-11)15(21)20-14-9-12(10-16-2)3-4-13(14)17-18-20/h3-4,9-11H,5-8H2,1-2H3. The van der Waals surface area contributed by atoms with Gasteiger partial charge in [-0.25, -0.2) is 4.79 Å². The van der Waals surface area contributed by atoms with E-state index in [0.29, 0.717) is 5.92 Å². The van der Waals surface area contributed by atoms with Gasteiger partial charge in [0, 0.05) is 26.4 Å². The maximum atomic E-state index is 12.6. The fourth-order valence-corrected chi connectivity index (χ4v) is 2.64. The highest BCUT2D eigenvalue weighted by Gasteiger charge is 2.23. The number of amides is 1. The molecule has 1 amide bonds. The Bertz CT molecular complexity index is 682. The summed E-state index contributed by atoms with van der Waals surface area (Å²) >= 11 is 0. The van der Waals surface area contributed by atoms with Crippen LogP contribution in [0, 0.1) is 5.92 Å². The number of hydrogen-bond acceptors (Lipinski definition) is 4. The van der Waals surface area contributed by atoms with Gasteiger partial charge in [-0.2, -0.15) is 4.68 Å². The number of carbonyl (C=O) groups excluding carboxylic acids is 1. The highest BCUT2D eigenvalue weighted by molar-refractivity contribution is 5.92. The predicted molar refractivity (Wildman–Crippen MR) is 81.8 cm³/mol. The summed E-state index contributed by atoms with van der Waals surface area (Å²) in [5.74, 6) is 0.689. The van der Waals surface area contributed by atoms with Crippen molar-refractivity contribution in [3.05, 3.63) is 23.8 Å². The number of piperidine rings is 1. The Kier molecular flexibility index (Phi) is 3.68. The van der Waals surface area contributed by atoms with Crippen LogP contribution in [0.4, 0.5) is 4.79 Å². The van der Waals surface area contributed by atoms with Gasteiger partial charge >= 0.3 is 6.03 Å². The van der Waals surface area contributed by atoms with Crippen molar-refractivity contribution in [3.8, 4) is 0 Å². The molecule has 1 aliphatic rings. The molecule has 6 nitrogen and oxygen atoms in total. The smallest absolute Gasteiger partial charge is 0.323 e. The molecular formula is C15H19N5O. The van der Waals surface area contributed by atoms with Gasteiger partial charge in [0.1, 0.15) is 11.0 Å². The van der Waals surface area contributed by atoms with Crippen LogP contribution in [-0.4, -0.2) is 52.3 Å². The molecule has 1 aliphatic heterocycles. The van der Waals surface area contributed by atoms with E-state index >= 15 is 0 Å². The van der Waals surface area contributed by atoms with Gasteiger partial charge in [0.05, 0.1) is 0 Å². The van der Waals surface area contributed by atoms with Crippen molar-refractivity contribution in [2.45, 2.75) is 19.8 Å². The second kappa shape index (κ2) is 5.63. The lowest BCUT2D eigenvalue weighted by Gasteiger charge is -2.29. The first kappa shape index (κ1) is 13.7. The first-order valence-electron chi connectivity index (χ1n) is 7.26. The maximum absolute atomic E-state index is 12.6. The minimum absolute atomic E-state index is 0.0880. The van der Waals surface area contributed by atoms with E-state index in [9.17, 15) is 4.79 Å². The van der Waals surface area contributed by atoms with E-state index in [-0.39, 0.29) is 6.03 Å². The molecule has 110 valence electrons. The first-order chi connectivity index (χ1) is 10.2. The monoisotopic (exact) mass is 285 g/mol. The van der Waals surface area contributed by atoms with Gasteiger partial charge in [-0.15, -0.1) is 5.10 Å². The van der Waals surface area contributed by atoms with E-state index in [1.807, 2.05) is 23.1 Å². The molecule has 0 radical (unpaired) electrons. The molecule has 0 spiro atoms. The van der Waals surface area contributed by atoms with Gasteiger partial charge in [0.2, 0.25) is 0 Å². The molecule has 2 aromatic rings. The van der Waals surface area contributed by atoms with Crippen LogP contribution in [0.5, 0.6) is 0 Å². The molecule has 0 unspecified atom stereocenters. The van der Waals surface area contributed by atoms with E-state index < -0.39 is 0 Å². The second-order valence-electron chi connectivity index (χ2n) is 5.59. The van der Waals surface area contributed by atoms with Crippen LogP contribution >= 0.6 is 0 Å². The number of rotatable bonds is 1. The Hall–Kier alpha value is -2.24. The van der Waals surface area contributed by atoms with Gasteiger partial charge in [-0.1, -0.05) is 18.2 Å². The van der Waals surface area contributed by atoms with Crippen molar-refractivity contribution >= 4 is 23.3 Å². The van der Waals surface area contributed by atoms with E-state index in [0.717, 1.165) is 42.5 Å². The highest BCUT2D eigenvalue weighted by Crippen LogP contribution is 2.19. The number of likely N-dealkylation sites (tertiary alicyclic amines) is 1. The minimum atomic E-state index is -0.0880. The molecule has 1 fully saturated rings. The van der Waals surface area contributed by atoms with Crippen LogP contribution in [0.3, 0.4) is 0 Å². The number of fused-ring (bicyclic) bond motifs is 1. The van der Waals surface area contributed by atoms with Crippen molar-refractivity contribution in [1.29, 1.82) is 0 Å². The summed E-state index contributed by atoms with van der Waals surface area (Å²) in [5.41, 5.74) is 2.40. The van der Waals surface area contributed by atoms with Crippen LogP contribution in [0.2, 0.25) is 0 Å². The molecule has 0 aliphatic carbocycles. The van der Waals surface area contributed by atoms with Gasteiger partial charge in [0.25, 0.3) is 0 Å². The molecule has 0 atom stereocenters. The van der Waals surface area contributed by atoms with Crippen LogP contribution < -0.4 is 0 Å². The zero-order valence-electron chi connectivity index (χ0n) is 12.4. The lowest BCUT2D eigenvalue weighted by atomic mass is 10.00. The normalized spacial score (nSPS) is 17.0. The van der Waals surface area contributed by atoms with Gasteiger partial charge < -0.3 is 4.90 Å². The lowest BCUT2D eigenvalue weighted by Crippen LogP contribution is -2.40. The molecular weight excluding hydrogens is 266 g/mol. The minimum Gasteiger partial charge on any atom is -0.323 e. The fourth-order valence-electron chi connectivity index (χ4n) is 2.64. The van der Waals surface area contributed by atoms with E-state index in [2.05, 4.69) is 22.2 Å². The van der Waals surface area contributed by atoms with Gasteiger partial charge in [-0.05, 0) is 36.5 Å². The van der Waals surface area contributed by atoms with E-state index in [4.69, 9.17) is 0 Å². The zero-order chi connectivity index (χ0) is 14.8. The topological polar surface area (TPSA) is 63.4 Å². The summed E-state index contributed by atoms with van der Waals surface area (Å²) in [6.45, 7) is 3.80. The van der Waals surface area contributed by atoms with Crippen LogP contribution in [0.25, 0.3) is 11.0 Å². The summed E-state index contributed by atoms with van der Waals surface area (Å²) in [5, 5.41) is 8.09. The molecule has 1 saturated heterocycles. The predicted octanol–water partition coefficient (Wildman–Crippen LogP) is 2.18. The number of aromatic nitrogens is 3. The fraction of sp³-hybridized carbons (Fsp3) is 0.467. The van der Waals surface area contributed by atoms with Crippen molar-refractivity contribution in [2.75, 3.05) is 20.1 Å². The van der Waals surface area contributed by atoms with Crippen molar-refractivity contribution in [2.24, 2.45) is 10.9 Å². The SMILES string of the molecule is CN=Cc1ccc2nnn(C(=O)N3CCC(C)CC3)c2c1. The summed E-state index contributed by atoms with van der Waals surface area (Å²) in [7, 11) is 1.72. The largest absolute Gasteiger partial charge is 0.346 e. The molecule has 0 bridgehead atoms. The summed E-state index contributed by atoms with van der Waals surface area (Å²) in [6, 6.07) is 5.59. The first-order valence-corrected chi connectivity index (χ1v) is 7.26. The molecule has 3 rings (SSSR count). The van der Waals surface area contributed by atoms with Gasteiger partial charge in [-0.3, -0.25) is 4.99 Å². The van der Waals surface area contributed by atoms with Crippen molar-refractivity contribution in [3.63, 3.8) is 0 Å². The number of nitrogens with zero attached hydrogens (tertiary/aromatic N) is 5. The number of aliphatic imine (C=N–C) groups is 1. The Labute approximate surface area is 123 Å². The molecule has 2 heterocycles. The Morgan fingerprint density at radius 2 is 2.14 bits per heavy atom. The summed E-state index contributed by atoms with van der Waals surface area (Å²) in [4.78, 5) is 18.5. The third-order valence-electron chi connectivity index (χ3n) is 3.98. The average Bonchev–Trinajstić information content (AvgIpc) is 2.91. The lowest BCUT2D eigenvalue weighted by molar-refractivity contribution is 0.173. The third-order valence-corrected chi connectivity index (χ3v) is 3.98. The summed E-state index contributed by atoms with van der Waals surface area (Å²) < 4.78 is 1.40. The Balaban J connectivity index is 1.92. The number of benzene rings is 1. The molecule has 21 heavy (non-hydrogen) atoms. The quantitative estimate of drug-likeness (QED) is 0.754. The number of carbonyl (C=O) groups is 1. The van der Waals surface area contributed by atoms with Gasteiger partial charge in [0.15, 0.2) is 0 Å². The Morgan fingerprint density at radius 3 is 2.86 bits per heavy atom. The second-order valence-corrected chi connectivity index (χ2v) is 5.59. The Morgan fingerprint density at radius 1 is 1.38 bits per heavy atom. The molecule has 0 N–H and O–H groups in total. The van der Waals surface area contributed by atoms with Crippen LogP contribution in [0.1, 0.15) is 25.3 Å². The molecule has 1 aromatic heterocycles. The zero-order valence-corrected chi connectivity index (χ0v) is 12.4. The number of hydrogen-bond donors (Lipinski definition) is 0. The maximum Gasteiger partial charge on any atom is 0.346 e. The van der Waals surface area contributed by atoms with Crippen molar-refractivity contribution < 1.29 is 4.79 Å². The van der Waals surface area contributed by atoms with Crippen molar-refractivity contribution in [1.82, 2.24) is 19.9 Å². The van der Waals surface area contributed by atoms with E-state index in [1.165, 1.54) is 4.68 Å². The average molecular weight is 285 g/mol. The molecule has 1 aromatic carbocycles. The van der Waals surface area contributed by atoms with Crippen LogP contribution in [-0.2, 0) is 0 Å². The molecule has 6 heteroatoms. The highest BCUT2D eigenvalue weighted by atomic mass is 16.2. The van der Waals surface area contributed by atoms with Crippen LogP contribution in [0.15, 0.2) is 23.2 Å². The van der Waals surface area contributed by atoms with E-state index in [1.54, 1.807) is 13.3 Å².